The highest BCUT2D eigenvalue weighted by molar-refractivity contribution is 7.13. The number of halogens is 1. The van der Waals surface area contributed by atoms with Gasteiger partial charge in [0.1, 0.15) is 5.01 Å². The summed E-state index contributed by atoms with van der Waals surface area (Å²) in [7, 11) is 0. The van der Waals surface area contributed by atoms with E-state index in [2.05, 4.69) is 4.98 Å². The van der Waals surface area contributed by atoms with Gasteiger partial charge in [0.2, 0.25) is 5.91 Å². The highest BCUT2D eigenvalue weighted by Gasteiger charge is 2.25. The lowest BCUT2D eigenvalue weighted by atomic mass is 10.2. The average molecular weight is 394 g/mol. The van der Waals surface area contributed by atoms with Crippen molar-refractivity contribution in [2.24, 2.45) is 0 Å². The molecule has 3 rings (SSSR count). The molecule has 0 unspecified atom stereocenters. The molecule has 2 aromatic rings. The van der Waals surface area contributed by atoms with Gasteiger partial charge in [0.25, 0.3) is 0 Å². The van der Waals surface area contributed by atoms with Gasteiger partial charge >= 0.3 is 6.09 Å². The summed E-state index contributed by atoms with van der Waals surface area (Å²) >= 11 is 7.69. The number of aromatic nitrogens is 1. The Kier molecular flexibility index (Phi) is 6.11. The Morgan fingerprint density at radius 1 is 1.19 bits per heavy atom. The Morgan fingerprint density at radius 3 is 2.58 bits per heavy atom. The first kappa shape index (κ1) is 18.7. The SMILES string of the molecule is CCOC(=O)N1CCN(C(=O)Cc2csc(-c3ccccc3Cl)n2)CC1. The molecule has 1 aromatic carbocycles. The molecule has 26 heavy (non-hydrogen) atoms. The fourth-order valence-electron chi connectivity index (χ4n) is 2.77. The molecule has 6 nitrogen and oxygen atoms in total. The number of carbonyl (C=O) groups excluding carboxylic acids is 2. The van der Waals surface area contributed by atoms with Crippen LogP contribution in [0.3, 0.4) is 0 Å². The summed E-state index contributed by atoms with van der Waals surface area (Å²) in [5.41, 5.74) is 1.61. The zero-order valence-electron chi connectivity index (χ0n) is 14.5. The van der Waals surface area contributed by atoms with E-state index >= 15 is 0 Å². The van der Waals surface area contributed by atoms with Crippen molar-refractivity contribution in [1.29, 1.82) is 0 Å². The van der Waals surface area contributed by atoms with Crippen LogP contribution in [0, 0.1) is 0 Å². The van der Waals surface area contributed by atoms with Crippen molar-refractivity contribution in [3.05, 3.63) is 40.4 Å². The molecule has 0 aliphatic carbocycles. The maximum atomic E-state index is 12.5. The predicted octanol–water partition coefficient (Wildman–Crippen LogP) is 3.31. The Morgan fingerprint density at radius 2 is 1.88 bits per heavy atom. The molecule has 1 aliphatic heterocycles. The van der Waals surface area contributed by atoms with E-state index in [0.29, 0.717) is 37.8 Å². The second-order valence-corrected chi connectivity index (χ2v) is 7.13. The van der Waals surface area contributed by atoms with Crippen LogP contribution in [0.25, 0.3) is 10.6 Å². The lowest BCUT2D eigenvalue weighted by Crippen LogP contribution is -2.51. The van der Waals surface area contributed by atoms with Crippen LogP contribution >= 0.6 is 22.9 Å². The number of benzene rings is 1. The number of hydrogen-bond donors (Lipinski definition) is 0. The number of rotatable bonds is 4. The van der Waals surface area contributed by atoms with Crippen LogP contribution in [0.1, 0.15) is 12.6 Å². The smallest absolute Gasteiger partial charge is 0.409 e. The van der Waals surface area contributed by atoms with E-state index in [1.807, 2.05) is 29.6 Å². The molecular weight excluding hydrogens is 374 g/mol. The van der Waals surface area contributed by atoms with Crippen molar-refractivity contribution in [2.75, 3.05) is 32.8 Å². The second-order valence-electron chi connectivity index (χ2n) is 5.87. The monoisotopic (exact) mass is 393 g/mol. The summed E-state index contributed by atoms with van der Waals surface area (Å²) in [4.78, 5) is 32.2. The third-order valence-electron chi connectivity index (χ3n) is 4.15. The molecule has 2 amide bonds. The first-order valence-electron chi connectivity index (χ1n) is 8.47. The Labute approximate surface area is 161 Å². The van der Waals surface area contributed by atoms with Crippen molar-refractivity contribution in [2.45, 2.75) is 13.3 Å². The molecule has 0 radical (unpaired) electrons. The summed E-state index contributed by atoms with van der Waals surface area (Å²) in [6.07, 6.45) is -0.0659. The van der Waals surface area contributed by atoms with Gasteiger partial charge in [-0.25, -0.2) is 9.78 Å². The summed E-state index contributed by atoms with van der Waals surface area (Å²) in [6.45, 7) is 4.15. The predicted molar refractivity (Wildman–Crippen MR) is 101 cm³/mol. The van der Waals surface area contributed by atoms with Crippen LogP contribution in [-0.2, 0) is 16.0 Å². The van der Waals surface area contributed by atoms with Crippen LogP contribution in [-0.4, -0.2) is 59.6 Å². The normalized spacial score (nSPS) is 14.4. The van der Waals surface area contributed by atoms with Crippen LogP contribution < -0.4 is 0 Å². The molecule has 0 bridgehead atoms. The molecule has 138 valence electrons. The van der Waals surface area contributed by atoms with Crippen LogP contribution in [0.4, 0.5) is 4.79 Å². The number of amides is 2. The lowest BCUT2D eigenvalue weighted by Gasteiger charge is -2.34. The van der Waals surface area contributed by atoms with E-state index in [1.54, 1.807) is 16.7 Å². The molecule has 0 saturated carbocycles. The molecule has 0 N–H and O–H groups in total. The lowest BCUT2D eigenvalue weighted by molar-refractivity contribution is -0.132. The van der Waals surface area contributed by atoms with Gasteiger partial charge in [0, 0.05) is 37.1 Å². The van der Waals surface area contributed by atoms with Gasteiger partial charge in [-0.05, 0) is 13.0 Å². The third-order valence-corrected chi connectivity index (χ3v) is 5.40. The standard InChI is InChI=1S/C18H20ClN3O3S/c1-2-25-18(24)22-9-7-21(8-10-22)16(23)11-13-12-26-17(20-13)14-5-3-4-6-15(14)19/h3-6,12H,2,7-11H2,1H3. The van der Waals surface area contributed by atoms with Crippen LogP contribution in [0.5, 0.6) is 0 Å². The number of piperazine rings is 1. The summed E-state index contributed by atoms with van der Waals surface area (Å²) in [5, 5.41) is 3.35. The van der Waals surface area contributed by atoms with E-state index in [9.17, 15) is 9.59 Å². The zero-order chi connectivity index (χ0) is 18.5. The molecular formula is C18H20ClN3O3S. The van der Waals surface area contributed by atoms with Gasteiger partial charge in [-0.2, -0.15) is 0 Å². The molecule has 1 aliphatic rings. The molecule has 1 aromatic heterocycles. The van der Waals surface area contributed by atoms with E-state index in [1.165, 1.54) is 11.3 Å². The molecule has 0 spiro atoms. The van der Waals surface area contributed by atoms with Crippen LogP contribution in [0.15, 0.2) is 29.6 Å². The minimum Gasteiger partial charge on any atom is -0.450 e. The molecule has 1 fully saturated rings. The Hall–Kier alpha value is -2.12. The van der Waals surface area contributed by atoms with E-state index in [-0.39, 0.29) is 18.4 Å². The maximum Gasteiger partial charge on any atom is 0.409 e. The largest absolute Gasteiger partial charge is 0.450 e. The molecule has 1 saturated heterocycles. The number of thiazole rings is 1. The number of carbonyl (C=O) groups is 2. The van der Waals surface area contributed by atoms with Gasteiger partial charge in [0.05, 0.1) is 23.7 Å². The third kappa shape index (κ3) is 4.34. The summed E-state index contributed by atoms with van der Waals surface area (Å²) in [5.74, 6) is 0.0181. The van der Waals surface area contributed by atoms with Crippen molar-refractivity contribution < 1.29 is 14.3 Å². The van der Waals surface area contributed by atoms with Crippen LogP contribution in [0.2, 0.25) is 5.02 Å². The van der Waals surface area contributed by atoms with Gasteiger partial charge < -0.3 is 14.5 Å². The summed E-state index contributed by atoms with van der Waals surface area (Å²) in [6, 6.07) is 7.53. The number of nitrogens with zero attached hydrogens (tertiary/aromatic N) is 3. The topological polar surface area (TPSA) is 62.7 Å². The molecule has 8 heteroatoms. The van der Waals surface area contributed by atoms with Gasteiger partial charge in [0.15, 0.2) is 0 Å². The van der Waals surface area contributed by atoms with Crippen molar-refractivity contribution in [3.8, 4) is 10.6 Å². The Balaban J connectivity index is 1.56. The average Bonchev–Trinajstić information content (AvgIpc) is 3.10. The van der Waals surface area contributed by atoms with Gasteiger partial charge in [-0.15, -0.1) is 11.3 Å². The van der Waals surface area contributed by atoms with Crippen molar-refractivity contribution in [1.82, 2.24) is 14.8 Å². The minimum absolute atomic E-state index is 0.0181. The zero-order valence-corrected chi connectivity index (χ0v) is 16.1. The quantitative estimate of drug-likeness (QED) is 0.799. The second kappa shape index (κ2) is 8.51. The first-order chi connectivity index (χ1) is 12.6. The molecule has 0 atom stereocenters. The fraction of sp³-hybridized carbons (Fsp3) is 0.389. The highest BCUT2D eigenvalue weighted by atomic mass is 35.5. The Bertz CT molecular complexity index is 787. The van der Waals surface area contributed by atoms with Crippen molar-refractivity contribution in [3.63, 3.8) is 0 Å². The first-order valence-corrected chi connectivity index (χ1v) is 9.73. The highest BCUT2D eigenvalue weighted by Crippen LogP contribution is 2.30. The molecule has 2 heterocycles. The van der Waals surface area contributed by atoms with Gasteiger partial charge in [-0.1, -0.05) is 29.8 Å². The minimum atomic E-state index is -0.316. The number of ether oxygens (including phenoxy) is 1. The van der Waals surface area contributed by atoms with E-state index in [4.69, 9.17) is 16.3 Å². The van der Waals surface area contributed by atoms with E-state index in [0.717, 1.165) is 16.3 Å². The maximum absolute atomic E-state index is 12.5. The van der Waals surface area contributed by atoms with Gasteiger partial charge in [-0.3, -0.25) is 4.79 Å². The van der Waals surface area contributed by atoms with Crippen molar-refractivity contribution >= 4 is 34.9 Å². The summed E-state index contributed by atoms with van der Waals surface area (Å²) < 4.78 is 4.99. The number of hydrogen-bond acceptors (Lipinski definition) is 5. The van der Waals surface area contributed by atoms with E-state index < -0.39 is 0 Å². The fourth-order valence-corrected chi connectivity index (χ4v) is 3.91.